The molecular formula is C29H21FN8O2. The number of halogens is 1. The second kappa shape index (κ2) is 9.71. The fourth-order valence-electron chi connectivity index (χ4n) is 4.75. The van der Waals surface area contributed by atoms with E-state index in [-0.39, 0.29) is 11.1 Å². The van der Waals surface area contributed by atoms with Gasteiger partial charge in [0, 0.05) is 35.5 Å². The van der Waals surface area contributed by atoms with Crippen LogP contribution in [0.3, 0.4) is 0 Å². The molecular weight excluding hydrogens is 511 g/mol. The van der Waals surface area contributed by atoms with Crippen LogP contribution in [0, 0.1) is 5.82 Å². The minimum atomic E-state index is -0.852. The first kappa shape index (κ1) is 23.7. The number of aliphatic hydroxyl groups is 1. The van der Waals surface area contributed by atoms with E-state index in [1.807, 2.05) is 36.4 Å². The van der Waals surface area contributed by atoms with Gasteiger partial charge in [0.05, 0.1) is 53.2 Å². The number of nitrogens with zero attached hydrogens (tertiary/aromatic N) is 5. The van der Waals surface area contributed by atoms with E-state index in [4.69, 9.17) is 9.40 Å². The zero-order chi connectivity index (χ0) is 27.1. The van der Waals surface area contributed by atoms with E-state index in [9.17, 15) is 5.11 Å². The predicted molar refractivity (Wildman–Crippen MR) is 147 cm³/mol. The number of benzene rings is 1. The molecule has 0 aliphatic rings. The zero-order valence-corrected chi connectivity index (χ0v) is 20.8. The largest absolute Gasteiger partial charge is 0.472 e. The third-order valence-electron chi connectivity index (χ3n) is 6.61. The van der Waals surface area contributed by atoms with Gasteiger partial charge in [0.15, 0.2) is 11.6 Å². The van der Waals surface area contributed by atoms with Crippen molar-refractivity contribution in [1.29, 1.82) is 0 Å². The molecule has 0 spiro atoms. The van der Waals surface area contributed by atoms with Gasteiger partial charge < -0.3 is 19.8 Å². The molecule has 0 fully saturated rings. The first-order chi connectivity index (χ1) is 19.6. The van der Waals surface area contributed by atoms with Crippen LogP contribution in [0.2, 0.25) is 0 Å². The van der Waals surface area contributed by atoms with Crippen molar-refractivity contribution < 1.29 is 13.9 Å². The number of pyridine rings is 3. The quantitative estimate of drug-likeness (QED) is 0.202. The van der Waals surface area contributed by atoms with Crippen LogP contribution in [0.15, 0.2) is 90.4 Å². The molecule has 0 saturated heterocycles. The Bertz CT molecular complexity index is 1950. The summed E-state index contributed by atoms with van der Waals surface area (Å²) in [6, 6.07) is 13.1. The molecule has 7 rings (SSSR count). The van der Waals surface area contributed by atoms with Gasteiger partial charge in [-0.15, -0.1) is 0 Å². The first-order valence-corrected chi connectivity index (χ1v) is 12.5. The van der Waals surface area contributed by atoms with Crippen LogP contribution in [0.1, 0.15) is 5.56 Å². The number of imidazole rings is 1. The molecule has 6 heterocycles. The fraction of sp³-hybridized carbons (Fsp3) is 0.0690. The number of rotatable bonds is 7. The van der Waals surface area contributed by atoms with Gasteiger partial charge in [0.25, 0.3) is 0 Å². The first-order valence-electron chi connectivity index (χ1n) is 12.5. The molecule has 0 aliphatic heterocycles. The standard InChI is InChI=1S/C29H21FN8O2/c30-25-24-21(37-38-28(24)29-35-22-13-32-12-20(27(22)36-29)17-6-7-40-15-17)14-33-26(25)18-9-19(11-31-10-18)34-23(39)8-16-4-2-1-3-5-16/h1-7,9-15,23,34,39H,8H2,(H,35,36)(H,37,38). The smallest absolute Gasteiger partial charge is 0.161 e. The van der Waals surface area contributed by atoms with Crippen LogP contribution < -0.4 is 5.32 Å². The number of H-pyrrole nitrogens is 2. The highest BCUT2D eigenvalue weighted by atomic mass is 19.1. The highest BCUT2D eigenvalue weighted by Crippen LogP contribution is 2.34. The van der Waals surface area contributed by atoms with Crippen molar-refractivity contribution in [3.8, 4) is 33.9 Å². The molecule has 1 unspecified atom stereocenters. The van der Waals surface area contributed by atoms with E-state index in [1.54, 1.807) is 37.2 Å². The summed E-state index contributed by atoms with van der Waals surface area (Å²) in [5, 5.41) is 21.0. The highest BCUT2D eigenvalue weighted by molar-refractivity contribution is 5.97. The number of nitrogens with one attached hydrogen (secondary N) is 3. The Kier molecular flexibility index (Phi) is 5.75. The summed E-state index contributed by atoms with van der Waals surface area (Å²) in [6.07, 6.45) is 10.7. The summed E-state index contributed by atoms with van der Waals surface area (Å²) in [5.41, 5.74) is 5.74. The SMILES string of the molecule is OC(Cc1ccccc1)Nc1cncc(-c2ncc3[nH]nc(-c4nc5c(-c6ccoc6)cncc5[nH]4)c3c2F)c1. The van der Waals surface area contributed by atoms with Crippen LogP contribution in [-0.2, 0) is 6.42 Å². The Morgan fingerprint density at radius 1 is 0.950 bits per heavy atom. The second-order valence-electron chi connectivity index (χ2n) is 9.27. The summed E-state index contributed by atoms with van der Waals surface area (Å²) >= 11 is 0. The Hall–Kier alpha value is -5.42. The fourth-order valence-corrected chi connectivity index (χ4v) is 4.75. The van der Waals surface area contributed by atoms with Gasteiger partial charge in [0.2, 0.25) is 0 Å². The molecule has 40 heavy (non-hydrogen) atoms. The summed E-state index contributed by atoms with van der Waals surface area (Å²) in [5.74, 6) is -0.189. The van der Waals surface area contributed by atoms with Crippen molar-refractivity contribution in [1.82, 2.24) is 35.1 Å². The summed E-state index contributed by atoms with van der Waals surface area (Å²) in [4.78, 5) is 20.8. The molecule has 0 amide bonds. The molecule has 0 aliphatic carbocycles. The lowest BCUT2D eigenvalue weighted by atomic mass is 10.1. The maximum atomic E-state index is 16.1. The van der Waals surface area contributed by atoms with Gasteiger partial charge in [-0.05, 0) is 17.7 Å². The number of hydrogen-bond acceptors (Lipinski definition) is 8. The van der Waals surface area contributed by atoms with Crippen LogP contribution in [-0.4, -0.2) is 46.5 Å². The van der Waals surface area contributed by atoms with E-state index < -0.39 is 12.0 Å². The molecule has 10 nitrogen and oxygen atoms in total. The van der Waals surface area contributed by atoms with Crippen LogP contribution in [0.5, 0.6) is 0 Å². The molecule has 0 radical (unpaired) electrons. The van der Waals surface area contributed by atoms with Crippen LogP contribution >= 0.6 is 0 Å². The maximum Gasteiger partial charge on any atom is 0.161 e. The Morgan fingerprint density at radius 2 is 1.82 bits per heavy atom. The number of aromatic amines is 2. The predicted octanol–water partition coefficient (Wildman–Crippen LogP) is 5.33. The zero-order valence-electron chi connectivity index (χ0n) is 20.8. The van der Waals surface area contributed by atoms with Crippen LogP contribution in [0.4, 0.5) is 10.1 Å². The average Bonchev–Trinajstić information content (AvgIpc) is 3.73. The Morgan fingerprint density at radius 3 is 2.67 bits per heavy atom. The lowest BCUT2D eigenvalue weighted by molar-refractivity contribution is 0.204. The second-order valence-corrected chi connectivity index (χ2v) is 9.27. The minimum Gasteiger partial charge on any atom is -0.472 e. The molecule has 4 N–H and O–H groups in total. The lowest BCUT2D eigenvalue weighted by Gasteiger charge is -2.15. The molecule has 7 aromatic rings. The molecule has 11 heteroatoms. The van der Waals surface area contributed by atoms with E-state index in [0.717, 1.165) is 16.7 Å². The highest BCUT2D eigenvalue weighted by Gasteiger charge is 2.22. The average molecular weight is 533 g/mol. The maximum absolute atomic E-state index is 16.1. The van der Waals surface area contributed by atoms with Crippen molar-refractivity contribution in [2.45, 2.75) is 12.6 Å². The number of furan rings is 1. The number of aromatic nitrogens is 7. The van der Waals surface area contributed by atoms with Gasteiger partial charge >= 0.3 is 0 Å². The number of fused-ring (bicyclic) bond motifs is 2. The third kappa shape index (κ3) is 4.24. The van der Waals surface area contributed by atoms with Crippen molar-refractivity contribution in [3.63, 3.8) is 0 Å². The van der Waals surface area contributed by atoms with Crippen molar-refractivity contribution in [3.05, 3.63) is 97.4 Å². The summed E-state index contributed by atoms with van der Waals surface area (Å²) < 4.78 is 21.3. The topological polar surface area (TPSA) is 141 Å². The van der Waals surface area contributed by atoms with Gasteiger partial charge in [-0.25, -0.2) is 9.37 Å². The molecule has 1 atom stereocenters. The monoisotopic (exact) mass is 532 g/mol. The number of hydrogen-bond donors (Lipinski definition) is 4. The summed E-state index contributed by atoms with van der Waals surface area (Å²) in [6.45, 7) is 0. The molecule has 196 valence electrons. The normalized spacial score (nSPS) is 12.2. The molecule has 1 aromatic carbocycles. The van der Waals surface area contributed by atoms with Crippen molar-refractivity contribution in [2.24, 2.45) is 0 Å². The molecule has 6 aromatic heterocycles. The minimum absolute atomic E-state index is 0.0979. The van der Waals surface area contributed by atoms with Gasteiger partial charge in [0.1, 0.15) is 23.1 Å². The number of aliphatic hydroxyl groups excluding tert-OH is 1. The Labute approximate surface area is 226 Å². The third-order valence-corrected chi connectivity index (χ3v) is 6.61. The van der Waals surface area contributed by atoms with Gasteiger partial charge in [-0.1, -0.05) is 30.3 Å². The van der Waals surface area contributed by atoms with E-state index in [2.05, 4.69) is 35.5 Å². The van der Waals surface area contributed by atoms with E-state index in [1.165, 1.54) is 12.4 Å². The van der Waals surface area contributed by atoms with E-state index >= 15 is 4.39 Å². The number of anilines is 1. The van der Waals surface area contributed by atoms with Gasteiger partial charge in [-0.3, -0.25) is 20.1 Å². The van der Waals surface area contributed by atoms with Crippen molar-refractivity contribution >= 4 is 27.6 Å². The lowest BCUT2D eigenvalue weighted by Crippen LogP contribution is -2.21. The molecule has 0 bridgehead atoms. The van der Waals surface area contributed by atoms with Crippen molar-refractivity contribution in [2.75, 3.05) is 5.32 Å². The van der Waals surface area contributed by atoms with Crippen LogP contribution in [0.25, 0.3) is 55.8 Å². The summed E-state index contributed by atoms with van der Waals surface area (Å²) in [7, 11) is 0. The Balaban J connectivity index is 1.24. The van der Waals surface area contributed by atoms with Gasteiger partial charge in [-0.2, -0.15) is 5.10 Å². The van der Waals surface area contributed by atoms with E-state index in [0.29, 0.717) is 45.7 Å². The molecule has 0 saturated carbocycles.